The summed E-state index contributed by atoms with van der Waals surface area (Å²) in [4.78, 5) is 38.2. The Hall–Kier alpha value is -4.25. The lowest BCUT2D eigenvalue weighted by Crippen LogP contribution is -2.51. The first-order valence-corrected chi connectivity index (χ1v) is 13.0. The van der Waals surface area contributed by atoms with Gasteiger partial charge in [-0.2, -0.15) is 0 Å². The van der Waals surface area contributed by atoms with Gasteiger partial charge in [-0.1, -0.05) is 55.5 Å². The SMILES string of the molecule is CCC(C(=O)NC)N(Cc1ccccc1)C(=O)CN(c1ccc([N+](=O)[O-])cc1)S(=O)(=O)c1ccccc1. The maximum absolute atomic E-state index is 13.7. The number of carbonyl (C=O) groups is 2. The lowest BCUT2D eigenvalue weighted by molar-refractivity contribution is -0.384. The van der Waals surface area contributed by atoms with E-state index in [4.69, 9.17) is 0 Å². The van der Waals surface area contributed by atoms with Gasteiger partial charge in [0.05, 0.1) is 15.5 Å². The number of nitro groups is 1. The summed E-state index contributed by atoms with van der Waals surface area (Å²) in [5.41, 5.74) is 0.630. The van der Waals surface area contributed by atoms with E-state index in [1.165, 1.54) is 48.3 Å². The van der Waals surface area contributed by atoms with Crippen molar-refractivity contribution in [2.24, 2.45) is 0 Å². The Labute approximate surface area is 215 Å². The lowest BCUT2D eigenvalue weighted by Gasteiger charge is -2.33. The quantitative estimate of drug-likeness (QED) is 0.302. The van der Waals surface area contributed by atoms with Crippen LogP contribution in [0, 0.1) is 10.1 Å². The molecule has 0 saturated heterocycles. The summed E-state index contributed by atoms with van der Waals surface area (Å²) >= 11 is 0. The minimum Gasteiger partial charge on any atom is -0.357 e. The maximum atomic E-state index is 13.7. The summed E-state index contributed by atoms with van der Waals surface area (Å²) in [6, 6.07) is 20.7. The zero-order chi connectivity index (χ0) is 27.0. The van der Waals surface area contributed by atoms with Crippen LogP contribution in [-0.2, 0) is 26.2 Å². The molecule has 0 radical (unpaired) electrons. The molecule has 0 aliphatic carbocycles. The monoisotopic (exact) mass is 524 g/mol. The van der Waals surface area contributed by atoms with Crippen LogP contribution in [0.5, 0.6) is 0 Å². The Balaban J connectivity index is 2.05. The highest BCUT2D eigenvalue weighted by molar-refractivity contribution is 7.92. The van der Waals surface area contributed by atoms with Gasteiger partial charge >= 0.3 is 0 Å². The highest BCUT2D eigenvalue weighted by atomic mass is 32.2. The fourth-order valence-corrected chi connectivity index (χ4v) is 5.29. The molecule has 0 bridgehead atoms. The fraction of sp³-hybridized carbons (Fsp3) is 0.231. The summed E-state index contributed by atoms with van der Waals surface area (Å²) in [5.74, 6) is -0.975. The predicted octanol–water partition coefficient (Wildman–Crippen LogP) is 3.34. The summed E-state index contributed by atoms with van der Waals surface area (Å²) in [6.07, 6.45) is 0.307. The first-order chi connectivity index (χ1) is 17.7. The van der Waals surface area contributed by atoms with E-state index in [1.807, 2.05) is 30.3 Å². The molecule has 2 amide bonds. The lowest BCUT2D eigenvalue weighted by atomic mass is 10.1. The fourth-order valence-electron chi connectivity index (χ4n) is 3.86. The number of benzene rings is 3. The van der Waals surface area contributed by atoms with Gasteiger partial charge in [0.2, 0.25) is 11.8 Å². The second-order valence-electron chi connectivity index (χ2n) is 8.14. The van der Waals surface area contributed by atoms with Crippen molar-refractivity contribution in [2.75, 3.05) is 17.9 Å². The normalized spacial score (nSPS) is 11.8. The minimum atomic E-state index is -4.23. The third-order valence-corrected chi connectivity index (χ3v) is 7.57. The van der Waals surface area contributed by atoms with Crippen LogP contribution < -0.4 is 9.62 Å². The number of nitrogens with zero attached hydrogens (tertiary/aromatic N) is 3. The Bertz CT molecular complexity index is 1330. The average molecular weight is 525 g/mol. The third-order valence-electron chi connectivity index (χ3n) is 5.79. The van der Waals surface area contributed by atoms with Crippen LogP contribution >= 0.6 is 0 Å². The van der Waals surface area contributed by atoms with Crippen molar-refractivity contribution in [3.8, 4) is 0 Å². The number of rotatable bonds is 11. The first-order valence-electron chi connectivity index (χ1n) is 11.6. The number of likely N-dealkylation sites (N-methyl/N-ethyl adjacent to an activating group) is 1. The Morgan fingerprint density at radius 2 is 1.51 bits per heavy atom. The molecule has 0 heterocycles. The van der Waals surface area contributed by atoms with Crippen molar-refractivity contribution in [1.82, 2.24) is 10.2 Å². The highest BCUT2D eigenvalue weighted by Crippen LogP contribution is 2.26. The molecule has 0 spiro atoms. The topological polar surface area (TPSA) is 130 Å². The van der Waals surface area contributed by atoms with Gasteiger partial charge in [-0.3, -0.25) is 24.0 Å². The van der Waals surface area contributed by atoms with Crippen molar-refractivity contribution >= 4 is 33.2 Å². The summed E-state index contributed by atoms with van der Waals surface area (Å²) in [6.45, 7) is 1.24. The number of carbonyl (C=O) groups excluding carboxylic acids is 2. The second kappa shape index (κ2) is 12.1. The van der Waals surface area contributed by atoms with Gasteiger partial charge in [-0.25, -0.2) is 8.42 Å². The summed E-state index contributed by atoms with van der Waals surface area (Å²) in [7, 11) is -2.76. The van der Waals surface area contributed by atoms with Crippen molar-refractivity contribution < 1.29 is 22.9 Å². The number of amides is 2. The number of nitro benzene ring substituents is 1. The molecule has 10 nitrogen and oxygen atoms in total. The van der Waals surface area contributed by atoms with E-state index >= 15 is 0 Å². The van der Waals surface area contributed by atoms with Crippen LogP contribution in [0.25, 0.3) is 0 Å². The Morgan fingerprint density at radius 1 is 0.946 bits per heavy atom. The van der Waals surface area contributed by atoms with E-state index in [0.717, 1.165) is 9.87 Å². The molecule has 1 unspecified atom stereocenters. The first kappa shape index (κ1) is 27.3. The van der Waals surface area contributed by atoms with Gasteiger partial charge < -0.3 is 10.2 Å². The van der Waals surface area contributed by atoms with Crippen molar-refractivity contribution in [1.29, 1.82) is 0 Å². The Morgan fingerprint density at radius 3 is 2.03 bits per heavy atom. The van der Waals surface area contributed by atoms with Crippen molar-refractivity contribution in [3.05, 3.63) is 101 Å². The van der Waals surface area contributed by atoms with E-state index < -0.39 is 33.4 Å². The summed E-state index contributed by atoms with van der Waals surface area (Å²) < 4.78 is 28.2. The minimum absolute atomic E-state index is 0.0471. The molecule has 3 rings (SSSR count). The number of hydrogen-bond donors (Lipinski definition) is 1. The predicted molar refractivity (Wildman–Crippen MR) is 139 cm³/mol. The average Bonchev–Trinajstić information content (AvgIpc) is 2.92. The van der Waals surface area contributed by atoms with E-state index in [0.29, 0.717) is 6.42 Å². The maximum Gasteiger partial charge on any atom is 0.269 e. The van der Waals surface area contributed by atoms with Gasteiger partial charge in [-0.05, 0) is 36.2 Å². The standard InChI is InChI=1S/C26H28N4O6S/c1-3-24(26(32)27-2)28(18-20-10-6-4-7-11-20)25(31)19-29(21-14-16-22(17-15-21)30(33)34)37(35,36)23-12-8-5-9-13-23/h4-17,24H,3,18-19H2,1-2H3,(H,27,32). The van der Waals surface area contributed by atoms with Crippen LogP contribution in [-0.4, -0.2) is 49.7 Å². The molecule has 1 N–H and O–H groups in total. The molecule has 0 aliphatic heterocycles. The third kappa shape index (κ3) is 6.50. The molecule has 194 valence electrons. The second-order valence-corrected chi connectivity index (χ2v) is 10.0. The molecule has 0 fully saturated rings. The number of sulfonamides is 1. The molecule has 3 aromatic rings. The van der Waals surface area contributed by atoms with Crippen LogP contribution in [0.4, 0.5) is 11.4 Å². The van der Waals surface area contributed by atoms with Crippen LogP contribution in [0.1, 0.15) is 18.9 Å². The van der Waals surface area contributed by atoms with Gasteiger partial charge in [0, 0.05) is 25.7 Å². The number of hydrogen-bond acceptors (Lipinski definition) is 6. The smallest absolute Gasteiger partial charge is 0.269 e. The number of nitrogens with one attached hydrogen (secondary N) is 1. The largest absolute Gasteiger partial charge is 0.357 e. The molecular formula is C26H28N4O6S. The van der Waals surface area contributed by atoms with Crippen molar-refractivity contribution in [2.45, 2.75) is 30.8 Å². The van der Waals surface area contributed by atoms with Crippen LogP contribution in [0.3, 0.4) is 0 Å². The molecule has 0 aliphatic rings. The van der Waals surface area contributed by atoms with Crippen molar-refractivity contribution in [3.63, 3.8) is 0 Å². The Kier molecular flexibility index (Phi) is 8.96. The molecular weight excluding hydrogens is 496 g/mol. The van der Waals surface area contributed by atoms with E-state index in [9.17, 15) is 28.1 Å². The van der Waals surface area contributed by atoms with Crippen LogP contribution in [0.2, 0.25) is 0 Å². The van der Waals surface area contributed by atoms with Gasteiger partial charge in [-0.15, -0.1) is 0 Å². The highest BCUT2D eigenvalue weighted by Gasteiger charge is 2.33. The van der Waals surface area contributed by atoms with Crippen LogP contribution in [0.15, 0.2) is 89.8 Å². The summed E-state index contributed by atoms with van der Waals surface area (Å²) in [5, 5.41) is 13.7. The molecule has 3 aromatic carbocycles. The van der Waals surface area contributed by atoms with E-state index in [1.54, 1.807) is 25.1 Å². The molecule has 0 aromatic heterocycles. The van der Waals surface area contributed by atoms with E-state index in [2.05, 4.69) is 5.32 Å². The zero-order valence-electron chi connectivity index (χ0n) is 20.5. The van der Waals surface area contributed by atoms with Gasteiger partial charge in [0.15, 0.2) is 0 Å². The van der Waals surface area contributed by atoms with E-state index in [-0.39, 0.29) is 28.7 Å². The zero-order valence-corrected chi connectivity index (χ0v) is 21.3. The van der Waals surface area contributed by atoms with Gasteiger partial charge in [0.1, 0.15) is 12.6 Å². The molecule has 0 saturated carbocycles. The molecule has 1 atom stereocenters. The molecule has 37 heavy (non-hydrogen) atoms. The molecule has 11 heteroatoms. The van der Waals surface area contributed by atoms with Gasteiger partial charge in [0.25, 0.3) is 15.7 Å². The number of anilines is 1. The number of non-ortho nitro benzene ring substituents is 1.